The van der Waals surface area contributed by atoms with E-state index in [1.807, 2.05) is 27.9 Å². The molecule has 1 N–H and O–H groups in total. The lowest BCUT2D eigenvalue weighted by Gasteiger charge is -2.10. The van der Waals surface area contributed by atoms with Gasteiger partial charge in [0.25, 0.3) is 0 Å². The van der Waals surface area contributed by atoms with E-state index < -0.39 is 0 Å². The molecule has 1 aromatic rings. The first-order valence-electron chi connectivity index (χ1n) is 5.86. The van der Waals surface area contributed by atoms with Gasteiger partial charge in [0.1, 0.15) is 5.82 Å². The largest absolute Gasteiger partial charge is 0.378 e. The fourth-order valence-corrected chi connectivity index (χ4v) is 1.23. The molecule has 0 aliphatic carbocycles. The fraction of sp³-hybridized carbons (Fsp3) is 0.667. The van der Waals surface area contributed by atoms with E-state index in [1.165, 1.54) is 0 Å². The van der Waals surface area contributed by atoms with Crippen molar-refractivity contribution in [2.45, 2.75) is 13.8 Å². The molecule has 0 radical (unpaired) electrons. The second-order valence-corrected chi connectivity index (χ2v) is 4.27. The SMILES string of the molecule is Cc1ncc(NCCOCCN(C)C)nc1C. The molecule has 17 heavy (non-hydrogen) atoms. The first kappa shape index (κ1) is 13.9. The summed E-state index contributed by atoms with van der Waals surface area (Å²) in [5.74, 6) is 0.810. The van der Waals surface area contributed by atoms with Gasteiger partial charge in [0.2, 0.25) is 0 Å². The molecule has 5 nitrogen and oxygen atoms in total. The Kier molecular flexibility index (Phi) is 5.86. The number of rotatable bonds is 7. The van der Waals surface area contributed by atoms with Crippen molar-refractivity contribution < 1.29 is 4.74 Å². The molecule has 5 heteroatoms. The molecule has 0 fully saturated rings. The minimum atomic E-state index is 0.683. The van der Waals surface area contributed by atoms with E-state index in [9.17, 15) is 0 Å². The van der Waals surface area contributed by atoms with Gasteiger partial charge in [0.05, 0.1) is 30.8 Å². The molecular weight excluding hydrogens is 216 g/mol. The Morgan fingerprint density at radius 1 is 1.24 bits per heavy atom. The summed E-state index contributed by atoms with van der Waals surface area (Å²) in [4.78, 5) is 10.7. The van der Waals surface area contributed by atoms with Crippen molar-refractivity contribution in [2.24, 2.45) is 0 Å². The number of nitrogens with zero attached hydrogens (tertiary/aromatic N) is 3. The molecule has 1 aromatic heterocycles. The van der Waals surface area contributed by atoms with Crippen LogP contribution in [0.4, 0.5) is 5.82 Å². The maximum Gasteiger partial charge on any atom is 0.144 e. The van der Waals surface area contributed by atoms with Crippen molar-refractivity contribution in [1.29, 1.82) is 0 Å². The average Bonchev–Trinajstić information content (AvgIpc) is 2.27. The quantitative estimate of drug-likeness (QED) is 0.720. The van der Waals surface area contributed by atoms with Crippen molar-refractivity contribution in [3.05, 3.63) is 17.6 Å². The van der Waals surface area contributed by atoms with Crippen LogP contribution in [0.25, 0.3) is 0 Å². The van der Waals surface area contributed by atoms with Gasteiger partial charge in [-0.2, -0.15) is 0 Å². The Balaban J connectivity index is 2.16. The Bertz CT molecular complexity index is 341. The molecule has 0 bridgehead atoms. The molecule has 0 saturated heterocycles. The molecular formula is C12H22N4O. The average molecular weight is 238 g/mol. The number of hydrogen-bond donors (Lipinski definition) is 1. The number of ether oxygens (including phenoxy) is 1. The van der Waals surface area contributed by atoms with Gasteiger partial charge in [-0.15, -0.1) is 0 Å². The smallest absolute Gasteiger partial charge is 0.144 e. The second-order valence-electron chi connectivity index (χ2n) is 4.27. The van der Waals surface area contributed by atoms with Crippen LogP contribution in [0.2, 0.25) is 0 Å². The van der Waals surface area contributed by atoms with Gasteiger partial charge in [0.15, 0.2) is 0 Å². The van der Waals surface area contributed by atoms with Crippen LogP contribution in [0.15, 0.2) is 6.20 Å². The lowest BCUT2D eigenvalue weighted by atomic mass is 10.3. The zero-order valence-electron chi connectivity index (χ0n) is 11.2. The van der Waals surface area contributed by atoms with Crippen LogP contribution >= 0.6 is 0 Å². The lowest BCUT2D eigenvalue weighted by Crippen LogP contribution is -2.20. The molecule has 1 rings (SSSR count). The maximum atomic E-state index is 5.47. The van der Waals surface area contributed by atoms with E-state index in [0.29, 0.717) is 6.61 Å². The van der Waals surface area contributed by atoms with E-state index >= 15 is 0 Å². The zero-order chi connectivity index (χ0) is 12.7. The molecule has 0 saturated carbocycles. The summed E-state index contributed by atoms with van der Waals surface area (Å²) in [7, 11) is 4.07. The first-order chi connectivity index (χ1) is 8.09. The van der Waals surface area contributed by atoms with Gasteiger partial charge in [-0.05, 0) is 27.9 Å². The summed E-state index contributed by atoms with van der Waals surface area (Å²) in [6, 6.07) is 0. The summed E-state index contributed by atoms with van der Waals surface area (Å²) >= 11 is 0. The van der Waals surface area contributed by atoms with Crippen LogP contribution < -0.4 is 5.32 Å². The normalized spacial score (nSPS) is 10.9. The highest BCUT2D eigenvalue weighted by atomic mass is 16.5. The number of aromatic nitrogens is 2. The number of aryl methyl sites for hydroxylation is 2. The van der Waals surface area contributed by atoms with Crippen LogP contribution in [0.5, 0.6) is 0 Å². The van der Waals surface area contributed by atoms with Gasteiger partial charge in [-0.1, -0.05) is 0 Å². The van der Waals surface area contributed by atoms with E-state index in [0.717, 1.165) is 36.9 Å². The van der Waals surface area contributed by atoms with Crippen LogP contribution in [-0.2, 0) is 4.74 Å². The summed E-state index contributed by atoms with van der Waals surface area (Å²) in [5.41, 5.74) is 1.93. The standard InChI is InChI=1S/C12H22N4O/c1-10-11(2)15-12(9-14-10)13-5-7-17-8-6-16(3)4/h9H,5-8H2,1-4H3,(H,13,15). The monoisotopic (exact) mass is 238 g/mol. The van der Waals surface area contributed by atoms with Crippen molar-refractivity contribution >= 4 is 5.82 Å². The predicted octanol–water partition coefficient (Wildman–Crippen LogP) is 1.08. The number of hydrogen-bond acceptors (Lipinski definition) is 5. The summed E-state index contributed by atoms with van der Waals surface area (Å²) in [6.45, 7) is 7.06. The molecule has 0 amide bonds. The Morgan fingerprint density at radius 2 is 2.00 bits per heavy atom. The predicted molar refractivity (Wildman–Crippen MR) is 69.4 cm³/mol. The van der Waals surface area contributed by atoms with Gasteiger partial charge in [-0.25, -0.2) is 4.98 Å². The zero-order valence-corrected chi connectivity index (χ0v) is 11.2. The number of anilines is 1. The fourth-order valence-electron chi connectivity index (χ4n) is 1.23. The Hall–Kier alpha value is -1.20. The van der Waals surface area contributed by atoms with Crippen LogP contribution in [0, 0.1) is 13.8 Å². The third-order valence-electron chi connectivity index (χ3n) is 2.43. The highest BCUT2D eigenvalue weighted by molar-refractivity contribution is 5.33. The molecule has 0 unspecified atom stereocenters. The lowest BCUT2D eigenvalue weighted by molar-refractivity contribution is 0.126. The second kappa shape index (κ2) is 7.19. The summed E-state index contributed by atoms with van der Waals surface area (Å²) < 4.78 is 5.47. The van der Waals surface area contributed by atoms with E-state index in [2.05, 4.69) is 20.2 Å². The topological polar surface area (TPSA) is 50.3 Å². The molecule has 0 aliphatic rings. The van der Waals surface area contributed by atoms with Crippen molar-refractivity contribution in [3.8, 4) is 0 Å². The van der Waals surface area contributed by atoms with E-state index in [4.69, 9.17) is 4.74 Å². The van der Waals surface area contributed by atoms with Crippen molar-refractivity contribution in [2.75, 3.05) is 45.7 Å². The first-order valence-corrected chi connectivity index (χ1v) is 5.86. The molecule has 0 aromatic carbocycles. The maximum absolute atomic E-state index is 5.47. The van der Waals surface area contributed by atoms with Gasteiger partial charge in [-0.3, -0.25) is 4.98 Å². The van der Waals surface area contributed by atoms with E-state index in [-0.39, 0.29) is 0 Å². The summed E-state index contributed by atoms with van der Waals surface area (Å²) in [6.07, 6.45) is 1.75. The summed E-state index contributed by atoms with van der Waals surface area (Å²) in [5, 5.41) is 3.19. The Morgan fingerprint density at radius 3 is 2.65 bits per heavy atom. The van der Waals surface area contributed by atoms with Crippen molar-refractivity contribution in [3.63, 3.8) is 0 Å². The Labute approximate surface area is 103 Å². The molecule has 1 heterocycles. The molecule has 0 atom stereocenters. The third-order valence-corrected chi connectivity index (χ3v) is 2.43. The minimum absolute atomic E-state index is 0.683. The third kappa shape index (κ3) is 5.60. The van der Waals surface area contributed by atoms with Gasteiger partial charge < -0.3 is 15.0 Å². The van der Waals surface area contributed by atoms with Crippen molar-refractivity contribution in [1.82, 2.24) is 14.9 Å². The highest BCUT2D eigenvalue weighted by Crippen LogP contribution is 2.04. The van der Waals surface area contributed by atoms with Crippen LogP contribution in [0.3, 0.4) is 0 Å². The molecule has 0 aliphatic heterocycles. The molecule has 0 spiro atoms. The van der Waals surface area contributed by atoms with Gasteiger partial charge in [0, 0.05) is 13.1 Å². The van der Waals surface area contributed by atoms with E-state index in [1.54, 1.807) is 6.20 Å². The highest BCUT2D eigenvalue weighted by Gasteiger charge is 1.98. The minimum Gasteiger partial charge on any atom is -0.378 e. The van der Waals surface area contributed by atoms with Crippen LogP contribution in [0.1, 0.15) is 11.4 Å². The number of likely N-dealkylation sites (N-methyl/N-ethyl adjacent to an activating group) is 1. The molecule has 96 valence electrons. The van der Waals surface area contributed by atoms with Gasteiger partial charge >= 0.3 is 0 Å². The van der Waals surface area contributed by atoms with Crippen LogP contribution in [-0.4, -0.2) is 55.3 Å². The number of nitrogens with one attached hydrogen (secondary N) is 1.